The SMILES string of the molecule is O=C(Nc1ccc2c(c1)OCO2)c1nn2c(c1Cl)N[C@@H](c1ccc(F)cc1)C[C@@H]2C(F)(F)F. The van der Waals surface area contributed by atoms with Crippen LogP contribution in [0.3, 0.4) is 0 Å². The van der Waals surface area contributed by atoms with Crippen molar-refractivity contribution in [3.05, 3.63) is 64.6 Å². The van der Waals surface area contributed by atoms with E-state index in [2.05, 4.69) is 15.7 Å². The van der Waals surface area contributed by atoms with E-state index in [4.69, 9.17) is 21.1 Å². The fourth-order valence-electron chi connectivity index (χ4n) is 3.81. The van der Waals surface area contributed by atoms with Crippen molar-refractivity contribution in [2.75, 3.05) is 17.4 Å². The van der Waals surface area contributed by atoms with Crippen LogP contribution in [0, 0.1) is 5.82 Å². The summed E-state index contributed by atoms with van der Waals surface area (Å²) in [7, 11) is 0. The third kappa shape index (κ3) is 3.92. The molecule has 5 rings (SSSR count). The highest BCUT2D eigenvalue weighted by Gasteiger charge is 2.47. The second-order valence-electron chi connectivity index (χ2n) is 7.52. The van der Waals surface area contributed by atoms with Gasteiger partial charge in [-0.2, -0.15) is 18.3 Å². The molecule has 2 aliphatic heterocycles. The first-order valence-electron chi connectivity index (χ1n) is 9.78. The van der Waals surface area contributed by atoms with E-state index in [1.165, 1.54) is 18.2 Å². The third-order valence-corrected chi connectivity index (χ3v) is 5.77. The Morgan fingerprint density at radius 2 is 1.88 bits per heavy atom. The molecule has 2 atom stereocenters. The van der Waals surface area contributed by atoms with Crippen molar-refractivity contribution < 1.29 is 31.8 Å². The number of aromatic nitrogens is 2. The minimum absolute atomic E-state index is 0.0477. The minimum atomic E-state index is -4.66. The fourth-order valence-corrected chi connectivity index (χ4v) is 4.08. The lowest BCUT2D eigenvalue weighted by Gasteiger charge is -2.33. The van der Waals surface area contributed by atoms with Crippen molar-refractivity contribution in [3.8, 4) is 11.5 Å². The zero-order valence-corrected chi connectivity index (χ0v) is 17.4. The first-order chi connectivity index (χ1) is 15.7. The molecule has 0 fully saturated rings. The summed E-state index contributed by atoms with van der Waals surface area (Å²) in [5.41, 5.74) is 0.405. The highest BCUT2D eigenvalue weighted by molar-refractivity contribution is 6.36. The number of hydrogen-bond acceptors (Lipinski definition) is 5. The number of hydrogen-bond donors (Lipinski definition) is 2. The van der Waals surface area contributed by atoms with Gasteiger partial charge < -0.3 is 20.1 Å². The molecule has 0 aliphatic carbocycles. The zero-order valence-electron chi connectivity index (χ0n) is 16.6. The van der Waals surface area contributed by atoms with Crippen LogP contribution in [-0.4, -0.2) is 28.7 Å². The second kappa shape index (κ2) is 7.84. The number of halogens is 5. The number of alkyl halides is 3. The molecular weight excluding hydrogens is 468 g/mol. The van der Waals surface area contributed by atoms with Crippen LogP contribution in [0.25, 0.3) is 0 Å². The average molecular weight is 483 g/mol. The molecule has 172 valence electrons. The molecular formula is C21H15ClF4N4O3. The van der Waals surface area contributed by atoms with Gasteiger partial charge in [-0.1, -0.05) is 23.7 Å². The summed E-state index contributed by atoms with van der Waals surface area (Å²) in [5, 5.41) is 9.09. The fraction of sp³-hybridized carbons (Fsp3) is 0.238. The number of ether oxygens (including phenoxy) is 2. The van der Waals surface area contributed by atoms with E-state index in [-0.39, 0.29) is 23.3 Å². The van der Waals surface area contributed by atoms with Gasteiger partial charge in [-0.3, -0.25) is 4.79 Å². The quantitative estimate of drug-likeness (QED) is 0.494. The average Bonchev–Trinajstić information content (AvgIpc) is 3.37. The van der Waals surface area contributed by atoms with Crippen molar-refractivity contribution in [1.29, 1.82) is 0 Å². The largest absolute Gasteiger partial charge is 0.454 e. The number of rotatable bonds is 3. The van der Waals surface area contributed by atoms with Gasteiger partial charge in [-0.05, 0) is 29.8 Å². The monoisotopic (exact) mass is 482 g/mol. The van der Waals surface area contributed by atoms with Crippen LogP contribution < -0.4 is 20.1 Å². The topological polar surface area (TPSA) is 77.4 Å². The Hall–Kier alpha value is -3.47. The second-order valence-corrected chi connectivity index (χ2v) is 7.90. The van der Waals surface area contributed by atoms with Crippen LogP contribution in [0.4, 0.5) is 29.1 Å². The summed E-state index contributed by atoms with van der Waals surface area (Å²) in [6.45, 7) is 0.0477. The molecule has 0 unspecified atom stereocenters. The molecule has 0 radical (unpaired) electrons. The Morgan fingerprint density at radius 1 is 1.15 bits per heavy atom. The van der Waals surface area contributed by atoms with E-state index in [1.807, 2.05) is 0 Å². The van der Waals surface area contributed by atoms with Gasteiger partial charge in [0.05, 0.1) is 6.04 Å². The summed E-state index contributed by atoms with van der Waals surface area (Å²) >= 11 is 6.31. The van der Waals surface area contributed by atoms with Gasteiger partial charge >= 0.3 is 6.18 Å². The molecule has 3 heterocycles. The van der Waals surface area contributed by atoms with Crippen molar-refractivity contribution in [3.63, 3.8) is 0 Å². The molecule has 7 nitrogen and oxygen atoms in total. The van der Waals surface area contributed by atoms with E-state index in [0.717, 1.165) is 12.1 Å². The number of anilines is 2. The highest BCUT2D eigenvalue weighted by atomic mass is 35.5. The Labute approximate surface area is 189 Å². The number of benzene rings is 2. The summed E-state index contributed by atoms with van der Waals surface area (Å²) in [6.07, 6.45) is -5.07. The van der Waals surface area contributed by atoms with Gasteiger partial charge in [0, 0.05) is 18.2 Å². The van der Waals surface area contributed by atoms with Crippen LogP contribution >= 0.6 is 11.6 Å². The maximum atomic E-state index is 13.9. The number of fused-ring (bicyclic) bond motifs is 2. The molecule has 2 aromatic carbocycles. The van der Waals surface area contributed by atoms with E-state index in [0.29, 0.717) is 27.4 Å². The Kier molecular flexibility index (Phi) is 5.08. The highest BCUT2D eigenvalue weighted by Crippen LogP contribution is 2.46. The first kappa shape index (κ1) is 21.4. The summed E-state index contributed by atoms with van der Waals surface area (Å²) in [6, 6.07) is 6.93. The minimum Gasteiger partial charge on any atom is -0.454 e. The summed E-state index contributed by atoms with van der Waals surface area (Å²) in [4.78, 5) is 12.8. The molecule has 0 bridgehead atoms. The van der Waals surface area contributed by atoms with Crippen molar-refractivity contribution in [2.24, 2.45) is 0 Å². The molecule has 1 amide bonds. The van der Waals surface area contributed by atoms with Crippen LogP contribution in [0.2, 0.25) is 5.02 Å². The maximum absolute atomic E-state index is 13.9. The van der Waals surface area contributed by atoms with Crippen LogP contribution in [0.5, 0.6) is 11.5 Å². The summed E-state index contributed by atoms with van der Waals surface area (Å²) in [5.74, 6) is -0.513. The Bertz CT molecular complexity index is 1230. The first-order valence-corrected chi connectivity index (χ1v) is 10.2. The predicted octanol–water partition coefficient (Wildman–Crippen LogP) is 5.32. The normalized spacial score (nSPS) is 19.1. The molecule has 1 aromatic heterocycles. The lowest BCUT2D eigenvalue weighted by atomic mass is 9.97. The zero-order chi connectivity index (χ0) is 23.3. The van der Waals surface area contributed by atoms with Gasteiger partial charge in [0.15, 0.2) is 23.2 Å². The number of nitrogens with one attached hydrogen (secondary N) is 2. The van der Waals surface area contributed by atoms with Crippen molar-refractivity contribution in [2.45, 2.75) is 24.7 Å². The molecule has 33 heavy (non-hydrogen) atoms. The number of nitrogens with zero attached hydrogens (tertiary/aromatic N) is 2. The maximum Gasteiger partial charge on any atom is 0.410 e. The molecule has 3 aromatic rings. The van der Waals surface area contributed by atoms with Gasteiger partial charge in [0.25, 0.3) is 5.91 Å². The Balaban J connectivity index is 1.47. The number of carbonyl (C=O) groups excluding carboxylic acids is 1. The molecule has 0 saturated carbocycles. The van der Waals surface area contributed by atoms with E-state index < -0.39 is 36.4 Å². The molecule has 2 aliphatic rings. The van der Waals surface area contributed by atoms with Gasteiger partial charge in [0.1, 0.15) is 16.7 Å². The molecule has 2 N–H and O–H groups in total. The molecule has 0 saturated heterocycles. The number of carbonyl (C=O) groups is 1. The number of amides is 1. The smallest absolute Gasteiger partial charge is 0.410 e. The van der Waals surface area contributed by atoms with Crippen LogP contribution in [-0.2, 0) is 0 Å². The van der Waals surface area contributed by atoms with Crippen molar-refractivity contribution in [1.82, 2.24) is 9.78 Å². The van der Waals surface area contributed by atoms with Crippen molar-refractivity contribution >= 4 is 29.0 Å². The van der Waals surface area contributed by atoms with Crippen LogP contribution in [0.1, 0.15) is 34.6 Å². The van der Waals surface area contributed by atoms with E-state index >= 15 is 0 Å². The van der Waals surface area contributed by atoms with E-state index in [1.54, 1.807) is 12.1 Å². The molecule has 12 heteroatoms. The van der Waals surface area contributed by atoms with E-state index in [9.17, 15) is 22.4 Å². The lowest BCUT2D eigenvalue weighted by Crippen LogP contribution is -2.35. The third-order valence-electron chi connectivity index (χ3n) is 5.41. The van der Waals surface area contributed by atoms with Gasteiger partial charge in [0.2, 0.25) is 6.79 Å². The van der Waals surface area contributed by atoms with Gasteiger partial charge in [-0.25, -0.2) is 9.07 Å². The van der Waals surface area contributed by atoms with Gasteiger partial charge in [-0.15, -0.1) is 0 Å². The lowest BCUT2D eigenvalue weighted by molar-refractivity contribution is -0.173. The molecule has 0 spiro atoms. The van der Waals surface area contributed by atoms with Crippen LogP contribution in [0.15, 0.2) is 42.5 Å². The Morgan fingerprint density at radius 3 is 2.61 bits per heavy atom. The predicted molar refractivity (Wildman–Crippen MR) is 110 cm³/mol. The summed E-state index contributed by atoms with van der Waals surface area (Å²) < 4.78 is 66.0. The standard InChI is InChI=1S/C21H15ClF4N4O3/c22-17-18(20(31)27-12-5-6-14-15(7-12)33-9-32-14)29-30-16(21(24,25)26)8-13(28-19(17)30)10-1-3-11(23)4-2-10/h1-7,13,16,28H,8-9H2,(H,27,31)/t13-,16-/m1/s1.